The molecule has 0 heterocycles. The Kier molecular flexibility index (Phi) is 6.45. The highest BCUT2D eigenvalue weighted by atomic mass is 16.5. The number of nitrogens with two attached hydrogens (primary N) is 2. The van der Waals surface area contributed by atoms with Crippen LogP contribution in [0.15, 0.2) is 12.1 Å². The first-order chi connectivity index (χ1) is 9.17. The minimum atomic E-state index is -0.137. The monoisotopic (exact) mass is 268 g/mol. The van der Waals surface area contributed by atoms with E-state index in [0.29, 0.717) is 23.8 Å². The Balaban J connectivity index is 3.02. The van der Waals surface area contributed by atoms with Crippen molar-refractivity contribution in [2.24, 2.45) is 11.5 Å². The molecule has 1 rings (SSSR count). The van der Waals surface area contributed by atoms with E-state index in [2.05, 4.69) is 0 Å². The third-order valence-electron chi connectivity index (χ3n) is 3.09. The minimum absolute atomic E-state index is 0.137. The van der Waals surface area contributed by atoms with Crippen molar-refractivity contribution in [2.45, 2.75) is 25.3 Å². The van der Waals surface area contributed by atoms with Gasteiger partial charge in [0.2, 0.25) is 0 Å². The highest BCUT2D eigenvalue weighted by Crippen LogP contribution is 2.38. The molecule has 0 bridgehead atoms. The molecule has 1 atom stereocenters. The van der Waals surface area contributed by atoms with Gasteiger partial charge in [0, 0.05) is 18.2 Å². The van der Waals surface area contributed by atoms with Gasteiger partial charge in [-0.1, -0.05) is 6.42 Å². The third-order valence-corrected chi connectivity index (χ3v) is 3.09. The van der Waals surface area contributed by atoms with E-state index in [1.165, 1.54) is 0 Å². The zero-order valence-corrected chi connectivity index (χ0v) is 11.9. The van der Waals surface area contributed by atoms with Crippen molar-refractivity contribution in [3.05, 3.63) is 17.7 Å². The summed E-state index contributed by atoms with van der Waals surface area (Å²) < 4.78 is 16.0. The van der Waals surface area contributed by atoms with Gasteiger partial charge in [-0.25, -0.2) is 0 Å². The Labute approximate surface area is 114 Å². The average Bonchev–Trinajstić information content (AvgIpc) is 2.45. The second-order valence-electron chi connectivity index (χ2n) is 4.34. The molecule has 5 nitrogen and oxygen atoms in total. The van der Waals surface area contributed by atoms with Gasteiger partial charge in [-0.3, -0.25) is 0 Å². The Morgan fingerprint density at radius 3 is 2.00 bits per heavy atom. The van der Waals surface area contributed by atoms with Crippen LogP contribution in [0.5, 0.6) is 17.2 Å². The number of unbranched alkanes of at least 4 members (excludes halogenated alkanes) is 1. The summed E-state index contributed by atoms with van der Waals surface area (Å²) in [5.74, 6) is 2.07. The van der Waals surface area contributed by atoms with Crippen molar-refractivity contribution >= 4 is 0 Å². The maximum atomic E-state index is 6.24. The smallest absolute Gasteiger partial charge is 0.131 e. The molecular formula is C14H24N2O3. The van der Waals surface area contributed by atoms with Crippen LogP contribution in [0, 0.1) is 0 Å². The molecule has 0 spiro atoms. The van der Waals surface area contributed by atoms with Crippen LogP contribution in [-0.2, 0) is 0 Å². The van der Waals surface area contributed by atoms with Crippen LogP contribution in [0.25, 0.3) is 0 Å². The second kappa shape index (κ2) is 7.86. The van der Waals surface area contributed by atoms with E-state index in [1.54, 1.807) is 21.3 Å². The van der Waals surface area contributed by atoms with Crippen molar-refractivity contribution < 1.29 is 14.2 Å². The Bertz CT molecular complexity index is 371. The Morgan fingerprint density at radius 2 is 1.58 bits per heavy atom. The molecule has 0 unspecified atom stereocenters. The van der Waals surface area contributed by atoms with Gasteiger partial charge in [-0.2, -0.15) is 0 Å². The lowest BCUT2D eigenvalue weighted by atomic mass is 9.99. The predicted molar refractivity (Wildman–Crippen MR) is 75.9 cm³/mol. The molecule has 0 saturated heterocycles. The first-order valence-electron chi connectivity index (χ1n) is 6.43. The van der Waals surface area contributed by atoms with E-state index in [-0.39, 0.29) is 6.04 Å². The fourth-order valence-corrected chi connectivity index (χ4v) is 2.05. The lowest BCUT2D eigenvalue weighted by molar-refractivity contribution is 0.362. The molecule has 4 N–H and O–H groups in total. The van der Waals surface area contributed by atoms with Gasteiger partial charge < -0.3 is 25.7 Å². The van der Waals surface area contributed by atoms with Crippen molar-refractivity contribution in [3.63, 3.8) is 0 Å². The predicted octanol–water partition coefficient (Wildman–Crippen LogP) is 1.84. The average molecular weight is 268 g/mol. The topological polar surface area (TPSA) is 79.7 Å². The molecule has 0 saturated carbocycles. The van der Waals surface area contributed by atoms with Gasteiger partial charge >= 0.3 is 0 Å². The van der Waals surface area contributed by atoms with Gasteiger partial charge in [0.1, 0.15) is 17.2 Å². The molecule has 1 aromatic carbocycles. The Morgan fingerprint density at radius 1 is 1.00 bits per heavy atom. The molecule has 1 aromatic rings. The van der Waals surface area contributed by atoms with E-state index in [0.717, 1.165) is 24.8 Å². The number of hydrogen-bond acceptors (Lipinski definition) is 5. The van der Waals surface area contributed by atoms with E-state index < -0.39 is 0 Å². The van der Waals surface area contributed by atoms with Gasteiger partial charge in [0.05, 0.1) is 26.9 Å². The maximum Gasteiger partial charge on any atom is 0.131 e. The normalized spacial score (nSPS) is 12.1. The number of rotatable bonds is 8. The van der Waals surface area contributed by atoms with E-state index >= 15 is 0 Å². The molecule has 0 fully saturated rings. The van der Waals surface area contributed by atoms with E-state index in [1.807, 2.05) is 12.1 Å². The zero-order chi connectivity index (χ0) is 14.3. The molecular weight excluding hydrogens is 244 g/mol. The fourth-order valence-electron chi connectivity index (χ4n) is 2.05. The number of hydrogen-bond donors (Lipinski definition) is 2. The quantitative estimate of drug-likeness (QED) is 0.703. The van der Waals surface area contributed by atoms with Crippen LogP contribution in [0.4, 0.5) is 0 Å². The van der Waals surface area contributed by atoms with Crippen LogP contribution in [0.3, 0.4) is 0 Å². The van der Waals surface area contributed by atoms with Crippen molar-refractivity contribution in [1.29, 1.82) is 0 Å². The molecule has 0 amide bonds. The molecule has 0 radical (unpaired) electrons. The third kappa shape index (κ3) is 4.01. The maximum absolute atomic E-state index is 6.24. The van der Waals surface area contributed by atoms with E-state index in [4.69, 9.17) is 25.7 Å². The lowest BCUT2D eigenvalue weighted by Crippen LogP contribution is -2.14. The van der Waals surface area contributed by atoms with Gasteiger partial charge in [0.15, 0.2) is 0 Å². The van der Waals surface area contributed by atoms with Gasteiger partial charge in [-0.05, 0) is 19.4 Å². The summed E-state index contributed by atoms with van der Waals surface area (Å²) in [6, 6.07) is 3.50. The second-order valence-corrected chi connectivity index (χ2v) is 4.34. The number of benzene rings is 1. The van der Waals surface area contributed by atoms with Gasteiger partial charge in [0.25, 0.3) is 0 Å². The molecule has 5 heteroatoms. The Hall–Kier alpha value is -1.46. The fraction of sp³-hybridized carbons (Fsp3) is 0.571. The summed E-state index contributed by atoms with van der Waals surface area (Å²) in [6.07, 6.45) is 2.79. The summed E-state index contributed by atoms with van der Waals surface area (Å²) in [6.45, 7) is 0.684. The van der Waals surface area contributed by atoms with Crippen molar-refractivity contribution in [3.8, 4) is 17.2 Å². The van der Waals surface area contributed by atoms with Crippen molar-refractivity contribution in [2.75, 3.05) is 27.9 Å². The van der Waals surface area contributed by atoms with Crippen LogP contribution < -0.4 is 25.7 Å². The van der Waals surface area contributed by atoms with E-state index in [9.17, 15) is 0 Å². The summed E-state index contributed by atoms with van der Waals surface area (Å²) in [5, 5.41) is 0. The summed E-state index contributed by atoms with van der Waals surface area (Å²) in [4.78, 5) is 0. The first kappa shape index (κ1) is 15.6. The molecule has 0 aliphatic rings. The van der Waals surface area contributed by atoms with Gasteiger partial charge in [-0.15, -0.1) is 0 Å². The zero-order valence-electron chi connectivity index (χ0n) is 11.9. The lowest BCUT2D eigenvalue weighted by Gasteiger charge is -2.20. The van der Waals surface area contributed by atoms with Crippen LogP contribution >= 0.6 is 0 Å². The SMILES string of the molecule is COc1cc(OC)c([C@@H](N)CCCCN)c(OC)c1. The summed E-state index contributed by atoms with van der Waals surface area (Å²) in [5.41, 5.74) is 12.6. The van der Waals surface area contributed by atoms with Crippen molar-refractivity contribution in [1.82, 2.24) is 0 Å². The van der Waals surface area contributed by atoms with Crippen LogP contribution in [-0.4, -0.2) is 27.9 Å². The largest absolute Gasteiger partial charge is 0.496 e. The van der Waals surface area contributed by atoms with Crippen LogP contribution in [0.2, 0.25) is 0 Å². The molecule has 19 heavy (non-hydrogen) atoms. The molecule has 0 aromatic heterocycles. The summed E-state index contributed by atoms with van der Waals surface area (Å²) in [7, 11) is 4.84. The molecule has 0 aliphatic heterocycles. The number of ether oxygens (including phenoxy) is 3. The molecule has 0 aliphatic carbocycles. The highest BCUT2D eigenvalue weighted by Gasteiger charge is 2.19. The van der Waals surface area contributed by atoms with Crippen LogP contribution in [0.1, 0.15) is 30.9 Å². The summed E-state index contributed by atoms with van der Waals surface area (Å²) >= 11 is 0. The molecule has 108 valence electrons. The highest BCUT2D eigenvalue weighted by molar-refractivity contribution is 5.52. The number of methoxy groups -OCH3 is 3. The minimum Gasteiger partial charge on any atom is -0.496 e. The first-order valence-corrected chi connectivity index (χ1v) is 6.43. The standard InChI is InChI=1S/C14H24N2O3/c1-17-10-8-12(18-2)14(13(9-10)19-3)11(16)6-4-5-7-15/h8-9,11H,4-7,15-16H2,1-3H3/t11-/m0/s1.